The van der Waals surface area contributed by atoms with Crippen LogP contribution in [0.4, 0.5) is 14.5 Å². The van der Waals surface area contributed by atoms with Crippen molar-refractivity contribution in [1.29, 1.82) is 0 Å². The summed E-state index contributed by atoms with van der Waals surface area (Å²) in [6, 6.07) is 6.15. The summed E-state index contributed by atoms with van der Waals surface area (Å²) in [6.07, 6.45) is 0.429. The van der Waals surface area contributed by atoms with Gasteiger partial charge in [-0.1, -0.05) is 6.92 Å². The Hall–Kier alpha value is -3.40. The average Bonchev–Trinajstić information content (AvgIpc) is 2.78. The summed E-state index contributed by atoms with van der Waals surface area (Å²) in [5.74, 6) is -1.88. The van der Waals surface area contributed by atoms with Crippen molar-refractivity contribution in [3.8, 4) is 0 Å². The van der Waals surface area contributed by atoms with Gasteiger partial charge in [-0.2, -0.15) is 4.39 Å². The molecule has 168 valence electrons. The molecular formula is C22H23F2N5O3. The molecule has 1 saturated heterocycles. The van der Waals surface area contributed by atoms with Gasteiger partial charge in [0, 0.05) is 32.7 Å². The van der Waals surface area contributed by atoms with Crippen molar-refractivity contribution in [1.82, 2.24) is 19.9 Å². The van der Waals surface area contributed by atoms with Crippen LogP contribution in [0.3, 0.4) is 0 Å². The number of hydrogen-bond acceptors (Lipinski definition) is 7. The number of H-pyrrole nitrogens is 1. The van der Waals surface area contributed by atoms with E-state index >= 15 is 0 Å². The van der Waals surface area contributed by atoms with Crippen LogP contribution in [0.5, 0.6) is 0 Å². The molecule has 0 unspecified atom stereocenters. The SMILES string of the molecule is CCc1nc2c(F)cc(CN3CCN(c4ccc(C(=O)OC)nc4F)CC3)cc2[nH]c1=O. The van der Waals surface area contributed by atoms with Crippen LogP contribution in [-0.4, -0.2) is 59.1 Å². The number of aryl methyl sites for hydroxylation is 1. The Morgan fingerprint density at radius 3 is 2.56 bits per heavy atom. The smallest absolute Gasteiger partial charge is 0.356 e. The summed E-state index contributed by atoms with van der Waals surface area (Å²) in [5.41, 5.74) is 1.50. The van der Waals surface area contributed by atoms with E-state index < -0.39 is 17.7 Å². The molecule has 3 aromatic rings. The zero-order chi connectivity index (χ0) is 22.8. The number of rotatable bonds is 5. The normalized spacial score (nSPS) is 14.7. The van der Waals surface area contributed by atoms with Gasteiger partial charge in [0.25, 0.3) is 5.56 Å². The fourth-order valence-electron chi connectivity index (χ4n) is 3.86. The predicted molar refractivity (Wildman–Crippen MR) is 115 cm³/mol. The minimum Gasteiger partial charge on any atom is -0.464 e. The summed E-state index contributed by atoms with van der Waals surface area (Å²) < 4.78 is 33.6. The molecule has 1 N–H and O–H groups in total. The van der Waals surface area contributed by atoms with Gasteiger partial charge in [0.1, 0.15) is 11.2 Å². The fourth-order valence-corrected chi connectivity index (χ4v) is 3.86. The number of aromatic nitrogens is 3. The van der Waals surface area contributed by atoms with E-state index in [1.165, 1.54) is 25.3 Å². The number of ether oxygens (including phenoxy) is 1. The van der Waals surface area contributed by atoms with E-state index in [1.54, 1.807) is 13.0 Å². The Morgan fingerprint density at radius 1 is 1.16 bits per heavy atom. The lowest BCUT2D eigenvalue weighted by molar-refractivity contribution is 0.0592. The molecule has 0 saturated carbocycles. The van der Waals surface area contributed by atoms with Crippen LogP contribution < -0.4 is 10.5 Å². The van der Waals surface area contributed by atoms with Crippen molar-refractivity contribution < 1.29 is 18.3 Å². The average molecular weight is 443 g/mol. The number of carbonyl (C=O) groups excluding carboxylic acids is 1. The molecule has 0 atom stereocenters. The van der Waals surface area contributed by atoms with E-state index in [-0.39, 0.29) is 16.8 Å². The van der Waals surface area contributed by atoms with Gasteiger partial charge >= 0.3 is 5.97 Å². The molecule has 0 bridgehead atoms. The van der Waals surface area contributed by atoms with Crippen molar-refractivity contribution in [2.24, 2.45) is 0 Å². The maximum absolute atomic E-state index is 14.6. The van der Waals surface area contributed by atoms with Gasteiger partial charge in [-0.05, 0) is 36.2 Å². The number of piperazine rings is 1. The minimum absolute atomic E-state index is 0.0793. The van der Waals surface area contributed by atoms with E-state index in [0.717, 1.165) is 5.56 Å². The van der Waals surface area contributed by atoms with E-state index in [1.807, 2.05) is 4.90 Å². The molecule has 0 aliphatic carbocycles. The number of benzene rings is 1. The molecule has 1 aliphatic rings. The highest BCUT2D eigenvalue weighted by molar-refractivity contribution is 5.87. The van der Waals surface area contributed by atoms with Crippen molar-refractivity contribution in [3.63, 3.8) is 0 Å². The number of nitrogens with zero attached hydrogens (tertiary/aromatic N) is 4. The highest BCUT2D eigenvalue weighted by Crippen LogP contribution is 2.22. The van der Waals surface area contributed by atoms with Crippen molar-refractivity contribution in [2.45, 2.75) is 19.9 Å². The monoisotopic (exact) mass is 443 g/mol. The molecule has 1 aromatic carbocycles. The summed E-state index contributed by atoms with van der Waals surface area (Å²) in [4.78, 5) is 38.1. The summed E-state index contributed by atoms with van der Waals surface area (Å²) in [5, 5.41) is 0. The third-order valence-electron chi connectivity index (χ3n) is 5.56. The van der Waals surface area contributed by atoms with Crippen LogP contribution in [0.15, 0.2) is 29.1 Å². The Labute approximate surface area is 182 Å². The fraction of sp³-hybridized carbons (Fsp3) is 0.364. The van der Waals surface area contributed by atoms with Crippen molar-refractivity contribution >= 4 is 22.7 Å². The van der Waals surface area contributed by atoms with Crippen LogP contribution in [0, 0.1) is 11.8 Å². The number of hydrogen-bond donors (Lipinski definition) is 1. The number of fused-ring (bicyclic) bond motifs is 1. The molecule has 3 heterocycles. The Balaban J connectivity index is 1.45. The van der Waals surface area contributed by atoms with Gasteiger partial charge in [0.2, 0.25) is 5.95 Å². The maximum Gasteiger partial charge on any atom is 0.356 e. The number of anilines is 1. The Morgan fingerprint density at radius 2 is 1.91 bits per heavy atom. The van der Waals surface area contributed by atoms with Crippen molar-refractivity contribution in [2.75, 3.05) is 38.2 Å². The van der Waals surface area contributed by atoms with Crippen LogP contribution in [0.2, 0.25) is 0 Å². The number of pyridine rings is 1. The first-order valence-corrected chi connectivity index (χ1v) is 10.3. The second-order valence-electron chi connectivity index (χ2n) is 7.60. The Kier molecular flexibility index (Phi) is 6.13. The minimum atomic E-state index is -0.721. The number of esters is 1. The second kappa shape index (κ2) is 8.99. The van der Waals surface area contributed by atoms with Crippen LogP contribution in [0.25, 0.3) is 11.0 Å². The molecule has 8 nitrogen and oxygen atoms in total. The lowest BCUT2D eigenvalue weighted by Gasteiger charge is -2.36. The molecule has 4 rings (SSSR count). The van der Waals surface area contributed by atoms with E-state index in [4.69, 9.17) is 0 Å². The molecule has 32 heavy (non-hydrogen) atoms. The van der Waals surface area contributed by atoms with Gasteiger partial charge in [0.15, 0.2) is 11.5 Å². The van der Waals surface area contributed by atoms with Crippen LogP contribution in [0.1, 0.15) is 28.7 Å². The lowest BCUT2D eigenvalue weighted by atomic mass is 10.1. The molecule has 1 aliphatic heterocycles. The van der Waals surface area contributed by atoms with Gasteiger partial charge in [-0.3, -0.25) is 9.69 Å². The van der Waals surface area contributed by atoms with Gasteiger partial charge < -0.3 is 14.6 Å². The zero-order valence-electron chi connectivity index (χ0n) is 17.8. The first-order chi connectivity index (χ1) is 15.4. The third-order valence-corrected chi connectivity index (χ3v) is 5.56. The van der Waals surface area contributed by atoms with Crippen molar-refractivity contribution in [3.05, 3.63) is 63.3 Å². The van der Waals surface area contributed by atoms with Gasteiger partial charge in [0.05, 0.1) is 18.3 Å². The van der Waals surface area contributed by atoms with E-state index in [2.05, 4.69) is 24.6 Å². The summed E-state index contributed by atoms with van der Waals surface area (Å²) in [7, 11) is 1.22. The third kappa shape index (κ3) is 4.31. The molecule has 0 radical (unpaired) electrons. The highest BCUT2D eigenvalue weighted by Gasteiger charge is 2.22. The van der Waals surface area contributed by atoms with E-state index in [9.17, 15) is 18.4 Å². The number of nitrogens with one attached hydrogen (secondary N) is 1. The summed E-state index contributed by atoms with van der Waals surface area (Å²) in [6.45, 7) is 4.63. The number of aromatic amines is 1. The van der Waals surface area contributed by atoms with E-state index in [0.29, 0.717) is 56.0 Å². The topological polar surface area (TPSA) is 91.4 Å². The van der Waals surface area contributed by atoms with Crippen LogP contribution >= 0.6 is 0 Å². The molecule has 1 fully saturated rings. The summed E-state index contributed by atoms with van der Waals surface area (Å²) >= 11 is 0. The molecule has 0 amide bonds. The maximum atomic E-state index is 14.6. The largest absolute Gasteiger partial charge is 0.464 e. The Bertz CT molecular complexity index is 1220. The molecule has 0 spiro atoms. The molecule has 2 aromatic heterocycles. The van der Waals surface area contributed by atoms with Gasteiger partial charge in [-0.15, -0.1) is 0 Å². The van der Waals surface area contributed by atoms with Crippen LogP contribution in [-0.2, 0) is 17.7 Å². The standard InChI is InChI=1S/C22H23F2N5O3/c1-3-15-21(30)27-17-11-13(10-14(23)19(17)25-15)12-28-6-8-29(9-7-28)18-5-4-16(22(31)32-2)26-20(18)24/h4-5,10-11H,3,6-9,12H2,1-2H3,(H,27,30). The quantitative estimate of drug-likeness (QED) is 0.478. The first kappa shape index (κ1) is 21.8. The number of methoxy groups -OCH3 is 1. The lowest BCUT2D eigenvalue weighted by Crippen LogP contribution is -2.46. The predicted octanol–water partition coefficient (Wildman–Crippen LogP) is 2.27. The second-order valence-corrected chi connectivity index (χ2v) is 7.60. The number of carbonyl (C=O) groups is 1. The molecular weight excluding hydrogens is 420 g/mol. The molecule has 10 heteroatoms. The number of halogens is 2. The van der Waals surface area contributed by atoms with Gasteiger partial charge in [-0.25, -0.2) is 19.2 Å². The zero-order valence-corrected chi connectivity index (χ0v) is 17.8. The highest BCUT2D eigenvalue weighted by atomic mass is 19.1. The first-order valence-electron chi connectivity index (χ1n) is 10.3.